The molecule has 0 aliphatic heterocycles. The summed E-state index contributed by atoms with van der Waals surface area (Å²) in [6.45, 7) is 5.85. The molecule has 0 bridgehead atoms. The number of nitrogens with zero attached hydrogens (tertiary/aromatic N) is 2. The molecule has 1 aromatic heterocycles. The number of aryl methyl sites for hydroxylation is 1. The largest absolute Gasteiger partial charge is 0.391 e. The molecule has 1 heterocycles. The summed E-state index contributed by atoms with van der Waals surface area (Å²) in [7, 11) is 0. The number of para-hydroxylation sites is 1. The maximum Gasteiger partial charge on any atom is 0.307 e. The van der Waals surface area contributed by atoms with Gasteiger partial charge < -0.3 is 14.6 Å². The number of hydrogen-bond acceptors (Lipinski definition) is 4. The van der Waals surface area contributed by atoms with E-state index in [1.54, 1.807) is 4.57 Å². The van der Waals surface area contributed by atoms with E-state index >= 15 is 0 Å². The zero-order valence-electron chi connectivity index (χ0n) is 12.5. The third-order valence-electron chi connectivity index (χ3n) is 3.59. The summed E-state index contributed by atoms with van der Waals surface area (Å²) in [4.78, 5) is 14.0. The van der Waals surface area contributed by atoms with E-state index in [1.807, 2.05) is 49.6 Å². The molecule has 0 aliphatic rings. The standard InChI is InChI=1S/C16H22N2O2S/c1-3-15(19)11-17(14-7-5-4-6-8-14)9-10-18-13(2)12-21-16(18)20/h4-8,12,15,19H,3,9-11H2,1-2H3. The maximum atomic E-state index is 11.8. The van der Waals surface area contributed by atoms with Gasteiger partial charge in [-0.15, -0.1) is 0 Å². The average molecular weight is 306 g/mol. The molecule has 21 heavy (non-hydrogen) atoms. The van der Waals surface area contributed by atoms with Crippen LogP contribution in [0.3, 0.4) is 0 Å². The third-order valence-corrected chi connectivity index (χ3v) is 4.47. The van der Waals surface area contributed by atoms with Gasteiger partial charge in [0.15, 0.2) is 0 Å². The zero-order valence-corrected chi connectivity index (χ0v) is 13.3. The molecule has 0 fully saturated rings. The minimum absolute atomic E-state index is 0.0801. The van der Waals surface area contributed by atoms with Crippen molar-refractivity contribution in [3.8, 4) is 0 Å². The number of rotatable bonds is 7. The first-order valence-electron chi connectivity index (χ1n) is 7.24. The summed E-state index contributed by atoms with van der Waals surface area (Å²) >= 11 is 1.24. The van der Waals surface area contributed by atoms with Crippen molar-refractivity contribution >= 4 is 17.0 Å². The van der Waals surface area contributed by atoms with Gasteiger partial charge in [0.05, 0.1) is 6.10 Å². The highest BCUT2D eigenvalue weighted by molar-refractivity contribution is 7.07. The number of aromatic nitrogens is 1. The number of aliphatic hydroxyl groups excluding tert-OH is 1. The van der Waals surface area contributed by atoms with E-state index in [1.165, 1.54) is 11.3 Å². The zero-order chi connectivity index (χ0) is 15.2. The Kier molecular flexibility index (Phi) is 5.59. The lowest BCUT2D eigenvalue weighted by molar-refractivity contribution is 0.175. The Bertz CT molecular complexity index is 606. The van der Waals surface area contributed by atoms with Crippen LogP contribution < -0.4 is 9.77 Å². The molecule has 1 unspecified atom stereocenters. The Morgan fingerprint density at radius 1 is 1.33 bits per heavy atom. The number of anilines is 1. The summed E-state index contributed by atoms with van der Waals surface area (Å²) < 4.78 is 1.79. The highest BCUT2D eigenvalue weighted by Gasteiger charge is 2.12. The van der Waals surface area contributed by atoms with E-state index in [0.29, 0.717) is 19.6 Å². The van der Waals surface area contributed by atoms with Crippen molar-refractivity contribution in [3.05, 3.63) is 51.1 Å². The molecule has 5 heteroatoms. The Morgan fingerprint density at radius 2 is 2.05 bits per heavy atom. The minimum Gasteiger partial charge on any atom is -0.391 e. The van der Waals surface area contributed by atoms with Crippen molar-refractivity contribution in [2.24, 2.45) is 0 Å². The van der Waals surface area contributed by atoms with Gasteiger partial charge in [0.25, 0.3) is 0 Å². The summed E-state index contributed by atoms with van der Waals surface area (Å²) in [5.41, 5.74) is 2.07. The molecule has 0 radical (unpaired) electrons. The van der Waals surface area contributed by atoms with E-state index in [2.05, 4.69) is 4.90 Å². The predicted octanol–water partition coefficient (Wildman–Crippen LogP) is 2.50. The molecular formula is C16H22N2O2S. The number of aliphatic hydroxyl groups is 1. The lowest BCUT2D eigenvalue weighted by Crippen LogP contribution is -2.36. The SMILES string of the molecule is CCC(O)CN(CCn1c(C)csc1=O)c1ccccc1. The van der Waals surface area contributed by atoms with Crippen LogP contribution in [0.15, 0.2) is 40.5 Å². The molecule has 1 atom stereocenters. The third kappa shape index (κ3) is 4.19. The first-order valence-corrected chi connectivity index (χ1v) is 8.12. The van der Waals surface area contributed by atoms with E-state index < -0.39 is 0 Å². The van der Waals surface area contributed by atoms with Crippen molar-refractivity contribution in [1.82, 2.24) is 4.57 Å². The van der Waals surface area contributed by atoms with Crippen LogP contribution in [0.4, 0.5) is 5.69 Å². The summed E-state index contributed by atoms with van der Waals surface area (Å²) in [6, 6.07) is 10.0. The maximum absolute atomic E-state index is 11.8. The molecule has 4 nitrogen and oxygen atoms in total. The van der Waals surface area contributed by atoms with E-state index in [-0.39, 0.29) is 11.0 Å². The number of hydrogen-bond donors (Lipinski definition) is 1. The van der Waals surface area contributed by atoms with Gasteiger partial charge in [-0.2, -0.15) is 0 Å². The van der Waals surface area contributed by atoms with Crippen molar-refractivity contribution in [1.29, 1.82) is 0 Å². The fourth-order valence-electron chi connectivity index (χ4n) is 2.24. The first-order chi connectivity index (χ1) is 10.1. The van der Waals surface area contributed by atoms with Gasteiger partial charge in [-0.05, 0) is 25.5 Å². The van der Waals surface area contributed by atoms with Gasteiger partial charge in [-0.3, -0.25) is 4.79 Å². The van der Waals surface area contributed by atoms with Crippen LogP contribution in [-0.2, 0) is 6.54 Å². The second kappa shape index (κ2) is 7.43. The van der Waals surface area contributed by atoms with Crippen molar-refractivity contribution < 1.29 is 5.11 Å². The molecule has 0 spiro atoms. The molecule has 114 valence electrons. The molecule has 0 saturated carbocycles. The van der Waals surface area contributed by atoms with Crippen LogP contribution in [0.1, 0.15) is 19.0 Å². The molecular weight excluding hydrogens is 284 g/mol. The molecule has 0 aliphatic carbocycles. The first kappa shape index (κ1) is 15.8. The Labute approximate surface area is 129 Å². The Morgan fingerprint density at radius 3 is 2.62 bits per heavy atom. The molecule has 0 saturated heterocycles. The Balaban J connectivity index is 2.11. The predicted molar refractivity (Wildman–Crippen MR) is 88.3 cm³/mol. The lowest BCUT2D eigenvalue weighted by Gasteiger charge is -2.27. The summed E-state index contributed by atoms with van der Waals surface area (Å²) in [5.74, 6) is 0. The van der Waals surface area contributed by atoms with E-state index in [4.69, 9.17) is 0 Å². The molecule has 1 N–H and O–H groups in total. The normalized spacial score (nSPS) is 12.3. The fraction of sp³-hybridized carbons (Fsp3) is 0.438. The minimum atomic E-state index is -0.356. The van der Waals surface area contributed by atoms with Crippen LogP contribution in [0.5, 0.6) is 0 Å². The fourth-order valence-corrected chi connectivity index (χ4v) is 3.00. The van der Waals surface area contributed by atoms with Crippen LogP contribution in [0, 0.1) is 6.92 Å². The van der Waals surface area contributed by atoms with Crippen LogP contribution in [-0.4, -0.2) is 28.9 Å². The topological polar surface area (TPSA) is 45.5 Å². The van der Waals surface area contributed by atoms with Gasteiger partial charge in [-0.25, -0.2) is 0 Å². The monoisotopic (exact) mass is 306 g/mol. The van der Waals surface area contributed by atoms with E-state index in [0.717, 1.165) is 17.8 Å². The van der Waals surface area contributed by atoms with Crippen molar-refractivity contribution in [3.63, 3.8) is 0 Å². The Hall–Kier alpha value is -1.59. The molecule has 1 aromatic carbocycles. The molecule has 0 amide bonds. The van der Waals surface area contributed by atoms with Crippen LogP contribution >= 0.6 is 11.3 Å². The van der Waals surface area contributed by atoms with Gasteiger partial charge >= 0.3 is 4.87 Å². The van der Waals surface area contributed by atoms with Gasteiger partial charge in [0.2, 0.25) is 0 Å². The average Bonchev–Trinajstić information content (AvgIpc) is 2.83. The molecule has 2 rings (SSSR count). The van der Waals surface area contributed by atoms with Crippen LogP contribution in [0.2, 0.25) is 0 Å². The van der Waals surface area contributed by atoms with Crippen molar-refractivity contribution in [2.75, 3.05) is 18.0 Å². The van der Waals surface area contributed by atoms with Crippen molar-refractivity contribution in [2.45, 2.75) is 32.9 Å². The lowest BCUT2D eigenvalue weighted by atomic mass is 10.2. The number of thiazole rings is 1. The second-order valence-electron chi connectivity index (χ2n) is 5.14. The molecule has 2 aromatic rings. The highest BCUT2D eigenvalue weighted by Crippen LogP contribution is 2.14. The van der Waals surface area contributed by atoms with Gasteiger partial charge in [0, 0.05) is 36.4 Å². The van der Waals surface area contributed by atoms with E-state index in [9.17, 15) is 9.90 Å². The summed E-state index contributed by atoms with van der Waals surface area (Å²) in [5, 5.41) is 11.8. The smallest absolute Gasteiger partial charge is 0.307 e. The summed E-state index contributed by atoms with van der Waals surface area (Å²) in [6.07, 6.45) is 0.367. The van der Waals surface area contributed by atoms with Gasteiger partial charge in [0.1, 0.15) is 0 Å². The quantitative estimate of drug-likeness (QED) is 0.855. The highest BCUT2D eigenvalue weighted by atomic mass is 32.1. The number of benzene rings is 1. The van der Waals surface area contributed by atoms with Gasteiger partial charge in [-0.1, -0.05) is 36.5 Å². The second-order valence-corrected chi connectivity index (χ2v) is 5.96. The van der Waals surface area contributed by atoms with Crippen LogP contribution in [0.25, 0.3) is 0 Å².